The quantitative estimate of drug-likeness (QED) is 0.804. The topological polar surface area (TPSA) is 84.7 Å². The lowest BCUT2D eigenvalue weighted by Crippen LogP contribution is -2.59. The molecule has 26 heavy (non-hydrogen) atoms. The van der Waals surface area contributed by atoms with Gasteiger partial charge in [0.15, 0.2) is 0 Å². The van der Waals surface area contributed by atoms with Gasteiger partial charge in [-0.05, 0) is 31.2 Å². The second kappa shape index (κ2) is 9.35. The molecule has 2 fully saturated rings. The highest BCUT2D eigenvalue weighted by atomic mass is 35.5. The predicted molar refractivity (Wildman–Crippen MR) is 102 cm³/mol. The summed E-state index contributed by atoms with van der Waals surface area (Å²) in [6.07, 6.45) is 3.13. The van der Waals surface area contributed by atoms with Gasteiger partial charge in [-0.1, -0.05) is 30.3 Å². The molecule has 1 unspecified atom stereocenters. The Morgan fingerprint density at radius 1 is 1.23 bits per heavy atom. The third-order valence-electron chi connectivity index (χ3n) is 5.18. The summed E-state index contributed by atoms with van der Waals surface area (Å²) in [5.41, 5.74) is 6.56. The van der Waals surface area contributed by atoms with Crippen LogP contribution in [-0.4, -0.2) is 54.6 Å². The van der Waals surface area contributed by atoms with E-state index in [0.29, 0.717) is 45.6 Å². The minimum atomic E-state index is -0.830. The molecule has 0 spiro atoms. The maximum Gasteiger partial charge on any atom is 0.240 e. The van der Waals surface area contributed by atoms with Gasteiger partial charge in [-0.2, -0.15) is 0 Å². The molecule has 2 saturated heterocycles. The Morgan fingerprint density at radius 3 is 2.62 bits per heavy atom. The number of likely N-dealkylation sites (tertiary alicyclic amines) is 1. The fourth-order valence-corrected chi connectivity index (χ4v) is 3.45. The number of hydrogen-bond donors (Lipinski definition) is 2. The number of carbonyl (C=O) groups excluding carboxylic acids is 2. The zero-order valence-corrected chi connectivity index (χ0v) is 15.8. The molecule has 0 aliphatic carbocycles. The van der Waals surface area contributed by atoms with Gasteiger partial charge in [-0.3, -0.25) is 9.59 Å². The van der Waals surface area contributed by atoms with Gasteiger partial charge in [0.1, 0.15) is 0 Å². The number of benzene rings is 1. The van der Waals surface area contributed by atoms with Gasteiger partial charge in [0, 0.05) is 38.8 Å². The standard InChI is InChI=1S/C19H27N3O3.ClH/c20-19(9-12-25-13-10-19)18(24)21-16-8-11-22(14-16)17(23)7-6-15-4-2-1-3-5-15;/h1-5,16H,6-14,20H2,(H,21,24);1H. The van der Waals surface area contributed by atoms with Crippen LogP contribution in [0.15, 0.2) is 30.3 Å². The normalized spacial score (nSPS) is 21.7. The summed E-state index contributed by atoms with van der Waals surface area (Å²) < 4.78 is 5.28. The molecular weight excluding hydrogens is 354 g/mol. The van der Waals surface area contributed by atoms with E-state index < -0.39 is 5.54 Å². The number of aryl methyl sites for hydroxylation is 1. The number of ether oxygens (including phenoxy) is 1. The maximum atomic E-state index is 12.5. The smallest absolute Gasteiger partial charge is 0.240 e. The van der Waals surface area contributed by atoms with Gasteiger partial charge >= 0.3 is 0 Å². The Kier molecular flexibility index (Phi) is 7.43. The van der Waals surface area contributed by atoms with Crippen molar-refractivity contribution < 1.29 is 14.3 Å². The molecule has 3 N–H and O–H groups in total. The lowest BCUT2D eigenvalue weighted by atomic mass is 9.90. The van der Waals surface area contributed by atoms with Crippen LogP contribution in [0, 0.1) is 0 Å². The fourth-order valence-electron chi connectivity index (χ4n) is 3.45. The summed E-state index contributed by atoms with van der Waals surface area (Å²) in [5.74, 6) is 0.0357. The Bertz CT molecular complexity index is 605. The lowest BCUT2D eigenvalue weighted by molar-refractivity contribution is -0.132. The van der Waals surface area contributed by atoms with Crippen LogP contribution < -0.4 is 11.1 Å². The summed E-state index contributed by atoms with van der Waals surface area (Å²) in [7, 11) is 0. The third-order valence-corrected chi connectivity index (χ3v) is 5.18. The predicted octanol–water partition coefficient (Wildman–Crippen LogP) is 1.27. The third kappa shape index (κ3) is 5.19. The average molecular weight is 382 g/mol. The Labute approximate surface area is 160 Å². The average Bonchev–Trinajstić information content (AvgIpc) is 3.10. The van der Waals surface area contributed by atoms with Gasteiger partial charge in [-0.15, -0.1) is 12.4 Å². The minimum absolute atomic E-state index is 0. The molecule has 2 aliphatic rings. The zero-order chi connectivity index (χ0) is 17.7. The van der Waals surface area contributed by atoms with E-state index in [1.807, 2.05) is 35.2 Å². The molecule has 0 bridgehead atoms. The molecule has 0 saturated carbocycles. The summed E-state index contributed by atoms with van der Waals surface area (Å²) in [6.45, 7) is 2.32. The van der Waals surface area contributed by atoms with Gasteiger partial charge in [0.05, 0.1) is 5.54 Å². The van der Waals surface area contributed by atoms with Gasteiger partial charge in [0.2, 0.25) is 11.8 Å². The van der Waals surface area contributed by atoms with E-state index in [9.17, 15) is 9.59 Å². The highest BCUT2D eigenvalue weighted by molar-refractivity contribution is 5.86. The van der Waals surface area contributed by atoms with Crippen molar-refractivity contribution in [3.05, 3.63) is 35.9 Å². The van der Waals surface area contributed by atoms with E-state index in [-0.39, 0.29) is 30.3 Å². The summed E-state index contributed by atoms with van der Waals surface area (Å²) in [4.78, 5) is 26.7. The molecule has 7 heteroatoms. The minimum Gasteiger partial charge on any atom is -0.381 e. The van der Waals surface area contributed by atoms with Crippen LogP contribution in [0.1, 0.15) is 31.2 Å². The van der Waals surface area contributed by atoms with Crippen molar-refractivity contribution in [1.82, 2.24) is 10.2 Å². The van der Waals surface area contributed by atoms with Gasteiger partial charge in [0.25, 0.3) is 0 Å². The highest BCUT2D eigenvalue weighted by Gasteiger charge is 2.38. The fraction of sp³-hybridized carbons (Fsp3) is 0.579. The highest BCUT2D eigenvalue weighted by Crippen LogP contribution is 2.19. The number of nitrogens with zero attached hydrogens (tertiary/aromatic N) is 1. The maximum absolute atomic E-state index is 12.5. The number of halogens is 1. The van der Waals surface area contributed by atoms with Crippen LogP contribution in [0.4, 0.5) is 0 Å². The zero-order valence-electron chi connectivity index (χ0n) is 15.0. The first kappa shape index (κ1) is 20.7. The molecule has 1 aromatic carbocycles. The molecule has 0 radical (unpaired) electrons. The van der Waals surface area contributed by atoms with Crippen LogP contribution in [0.3, 0.4) is 0 Å². The van der Waals surface area contributed by atoms with Crippen LogP contribution in [-0.2, 0) is 20.7 Å². The van der Waals surface area contributed by atoms with Crippen molar-refractivity contribution in [2.75, 3.05) is 26.3 Å². The summed E-state index contributed by atoms with van der Waals surface area (Å²) in [5, 5.41) is 3.03. The van der Waals surface area contributed by atoms with Gasteiger partial charge < -0.3 is 20.7 Å². The molecule has 2 heterocycles. The van der Waals surface area contributed by atoms with Crippen molar-refractivity contribution in [3.8, 4) is 0 Å². The molecule has 6 nitrogen and oxygen atoms in total. The number of nitrogens with one attached hydrogen (secondary N) is 1. The van der Waals surface area contributed by atoms with Gasteiger partial charge in [-0.25, -0.2) is 0 Å². The monoisotopic (exact) mass is 381 g/mol. The van der Waals surface area contributed by atoms with E-state index >= 15 is 0 Å². The Hall–Kier alpha value is -1.63. The van der Waals surface area contributed by atoms with Crippen molar-refractivity contribution in [3.63, 3.8) is 0 Å². The van der Waals surface area contributed by atoms with Crippen LogP contribution >= 0.6 is 12.4 Å². The van der Waals surface area contributed by atoms with Crippen LogP contribution in [0.2, 0.25) is 0 Å². The molecule has 1 atom stereocenters. The first-order valence-corrected chi connectivity index (χ1v) is 9.06. The number of nitrogens with two attached hydrogens (primary N) is 1. The molecule has 3 rings (SSSR count). The summed E-state index contributed by atoms with van der Waals surface area (Å²) >= 11 is 0. The lowest BCUT2D eigenvalue weighted by Gasteiger charge is -2.32. The van der Waals surface area contributed by atoms with E-state index in [1.165, 1.54) is 5.56 Å². The largest absolute Gasteiger partial charge is 0.381 e. The first-order valence-electron chi connectivity index (χ1n) is 9.06. The van der Waals surface area contributed by atoms with E-state index in [1.54, 1.807) is 0 Å². The summed E-state index contributed by atoms with van der Waals surface area (Å²) in [6, 6.07) is 10.0. The van der Waals surface area contributed by atoms with Crippen molar-refractivity contribution in [2.24, 2.45) is 5.73 Å². The van der Waals surface area contributed by atoms with Crippen LogP contribution in [0.25, 0.3) is 0 Å². The number of amides is 2. The SMILES string of the molecule is Cl.NC1(C(=O)NC2CCN(C(=O)CCc3ccccc3)C2)CCOCC1. The van der Waals surface area contributed by atoms with Crippen molar-refractivity contribution in [2.45, 2.75) is 43.7 Å². The Morgan fingerprint density at radius 2 is 1.92 bits per heavy atom. The van der Waals surface area contributed by atoms with E-state index in [0.717, 1.165) is 12.8 Å². The molecular formula is C19H28ClN3O3. The number of carbonyl (C=O) groups is 2. The molecule has 0 aromatic heterocycles. The number of hydrogen-bond acceptors (Lipinski definition) is 4. The first-order chi connectivity index (χ1) is 12.1. The molecule has 1 aromatic rings. The second-order valence-electron chi connectivity index (χ2n) is 7.05. The van der Waals surface area contributed by atoms with E-state index in [4.69, 9.17) is 10.5 Å². The Balaban J connectivity index is 0.00000243. The van der Waals surface area contributed by atoms with Crippen molar-refractivity contribution >= 4 is 24.2 Å². The molecule has 144 valence electrons. The molecule has 2 amide bonds. The van der Waals surface area contributed by atoms with Crippen molar-refractivity contribution in [1.29, 1.82) is 0 Å². The number of rotatable bonds is 5. The van der Waals surface area contributed by atoms with E-state index in [2.05, 4.69) is 5.32 Å². The van der Waals surface area contributed by atoms with Crippen LogP contribution in [0.5, 0.6) is 0 Å². The second-order valence-corrected chi connectivity index (χ2v) is 7.05. The molecule has 2 aliphatic heterocycles.